The topological polar surface area (TPSA) is 35.2 Å². The van der Waals surface area contributed by atoms with Crippen molar-refractivity contribution < 1.29 is 9.13 Å². The van der Waals surface area contributed by atoms with Gasteiger partial charge >= 0.3 is 0 Å². The SMILES string of the molecule is COc1c(C(C)(C)F)ccc(C)c1CC1(N)CC1. The third-order valence-electron chi connectivity index (χ3n) is 3.76. The first kappa shape index (κ1) is 13.3. The molecule has 1 saturated carbocycles. The van der Waals surface area contributed by atoms with Gasteiger partial charge in [0.05, 0.1) is 7.11 Å². The molecule has 0 spiro atoms. The van der Waals surface area contributed by atoms with Crippen molar-refractivity contribution in [1.82, 2.24) is 0 Å². The lowest BCUT2D eigenvalue weighted by Gasteiger charge is -2.23. The van der Waals surface area contributed by atoms with Crippen LogP contribution in [-0.2, 0) is 12.1 Å². The maximum atomic E-state index is 14.2. The number of hydrogen-bond acceptors (Lipinski definition) is 2. The molecule has 0 radical (unpaired) electrons. The van der Waals surface area contributed by atoms with Crippen LogP contribution in [0.4, 0.5) is 4.39 Å². The van der Waals surface area contributed by atoms with Crippen molar-refractivity contribution in [2.75, 3.05) is 7.11 Å². The standard InChI is InChI=1S/C15H22FNO/c1-10-5-6-12(14(2,3)16)13(18-4)11(10)9-15(17)7-8-15/h5-6H,7-9,17H2,1-4H3. The van der Waals surface area contributed by atoms with E-state index in [1.165, 1.54) is 0 Å². The zero-order valence-corrected chi connectivity index (χ0v) is 11.6. The van der Waals surface area contributed by atoms with Crippen LogP contribution < -0.4 is 10.5 Å². The quantitative estimate of drug-likeness (QED) is 0.891. The minimum absolute atomic E-state index is 0.100. The molecule has 0 heterocycles. The van der Waals surface area contributed by atoms with Gasteiger partial charge in [0.1, 0.15) is 11.4 Å². The van der Waals surface area contributed by atoms with Gasteiger partial charge in [-0.05, 0) is 51.2 Å². The van der Waals surface area contributed by atoms with E-state index in [0.717, 1.165) is 30.4 Å². The first-order chi connectivity index (χ1) is 8.27. The Bertz CT molecular complexity index is 458. The van der Waals surface area contributed by atoms with Crippen LogP contribution in [0.25, 0.3) is 0 Å². The van der Waals surface area contributed by atoms with Crippen molar-refractivity contribution in [2.45, 2.75) is 51.2 Å². The van der Waals surface area contributed by atoms with E-state index in [1.54, 1.807) is 21.0 Å². The van der Waals surface area contributed by atoms with Crippen molar-refractivity contribution >= 4 is 0 Å². The molecule has 1 aromatic rings. The van der Waals surface area contributed by atoms with Crippen molar-refractivity contribution in [3.63, 3.8) is 0 Å². The minimum Gasteiger partial charge on any atom is -0.496 e. The smallest absolute Gasteiger partial charge is 0.134 e. The summed E-state index contributed by atoms with van der Waals surface area (Å²) in [5.74, 6) is 0.666. The molecule has 0 bridgehead atoms. The van der Waals surface area contributed by atoms with E-state index in [9.17, 15) is 4.39 Å². The van der Waals surface area contributed by atoms with Gasteiger partial charge in [-0.2, -0.15) is 0 Å². The first-order valence-corrected chi connectivity index (χ1v) is 6.41. The van der Waals surface area contributed by atoms with Crippen LogP contribution in [-0.4, -0.2) is 12.6 Å². The number of nitrogens with two attached hydrogens (primary N) is 1. The highest BCUT2D eigenvalue weighted by Gasteiger charge is 2.40. The fourth-order valence-electron chi connectivity index (χ4n) is 2.34. The zero-order valence-electron chi connectivity index (χ0n) is 11.6. The Morgan fingerprint density at radius 1 is 1.39 bits per heavy atom. The summed E-state index contributed by atoms with van der Waals surface area (Å²) in [6, 6.07) is 3.77. The summed E-state index contributed by atoms with van der Waals surface area (Å²) in [5, 5.41) is 0. The fourth-order valence-corrected chi connectivity index (χ4v) is 2.34. The van der Waals surface area contributed by atoms with Crippen LogP contribution in [0.3, 0.4) is 0 Å². The van der Waals surface area contributed by atoms with E-state index in [1.807, 2.05) is 19.1 Å². The maximum absolute atomic E-state index is 14.2. The van der Waals surface area contributed by atoms with E-state index in [-0.39, 0.29) is 5.54 Å². The number of hydrogen-bond donors (Lipinski definition) is 1. The highest BCUT2D eigenvalue weighted by molar-refractivity contribution is 5.49. The number of methoxy groups -OCH3 is 1. The Morgan fingerprint density at radius 3 is 2.44 bits per heavy atom. The lowest BCUT2D eigenvalue weighted by atomic mass is 9.90. The summed E-state index contributed by atoms with van der Waals surface area (Å²) in [7, 11) is 1.60. The molecule has 2 nitrogen and oxygen atoms in total. The molecule has 0 amide bonds. The predicted octanol–water partition coefficient (Wildman–Crippen LogP) is 3.24. The van der Waals surface area contributed by atoms with Crippen LogP contribution in [0.1, 0.15) is 43.4 Å². The van der Waals surface area contributed by atoms with Gasteiger partial charge in [-0.1, -0.05) is 12.1 Å². The van der Waals surface area contributed by atoms with Gasteiger partial charge in [0.15, 0.2) is 0 Å². The Kier molecular flexibility index (Phi) is 3.14. The molecule has 1 aromatic carbocycles. The number of ether oxygens (including phenoxy) is 1. The molecule has 18 heavy (non-hydrogen) atoms. The summed E-state index contributed by atoms with van der Waals surface area (Å²) < 4.78 is 19.7. The molecule has 0 unspecified atom stereocenters. The largest absolute Gasteiger partial charge is 0.496 e. The summed E-state index contributed by atoms with van der Waals surface area (Å²) >= 11 is 0. The molecule has 1 fully saturated rings. The second kappa shape index (κ2) is 4.23. The number of rotatable bonds is 4. The van der Waals surface area contributed by atoms with Gasteiger partial charge in [-0.15, -0.1) is 0 Å². The number of alkyl halides is 1. The van der Waals surface area contributed by atoms with Crippen LogP contribution in [0.2, 0.25) is 0 Å². The Balaban J connectivity index is 2.49. The second-order valence-corrected chi connectivity index (χ2v) is 5.95. The molecule has 0 aliphatic heterocycles. The van der Waals surface area contributed by atoms with Gasteiger partial charge in [0, 0.05) is 11.1 Å². The van der Waals surface area contributed by atoms with Crippen molar-refractivity contribution in [2.24, 2.45) is 5.73 Å². The molecule has 100 valence electrons. The highest BCUT2D eigenvalue weighted by atomic mass is 19.1. The molecule has 0 atom stereocenters. The van der Waals surface area contributed by atoms with Crippen molar-refractivity contribution in [3.8, 4) is 5.75 Å². The molecule has 0 aromatic heterocycles. The number of halogens is 1. The normalized spacial score (nSPS) is 17.7. The first-order valence-electron chi connectivity index (χ1n) is 6.41. The van der Waals surface area contributed by atoms with Crippen molar-refractivity contribution in [1.29, 1.82) is 0 Å². The average molecular weight is 251 g/mol. The zero-order chi connectivity index (χ0) is 13.6. The average Bonchev–Trinajstić information content (AvgIpc) is 2.97. The Labute approximate surface area is 108 Å². The van der Waals surface area contributed by atoms with Crippen LogP contribution in [0.15, 0.2) is 12.1 Å². The molecular formula is C15H22FNO. The highest BCUT2D eigenvalue weighted by Crippen LogP contribution is 2.42. The molecular weight excluding hydrogens is 229 g/mol. The monoisotopic (exact) mass is 251 g/mol. The molecule has 3 heteroatoms. The number of aryl methyl sites for hydroxylation is 1. The molecule has 1 aliphatic rings. The third kappa shape index (κ3) is 2.51. The van der Waals surface area contributed by atoms with Crippen molar-refractivity contribution in [3.05, 3.63) is 28.8 Å². The Morgan fingerprint density at radius 2 is 2.00 bits per heavy atom. The van der Waals surface area contributed by atoms with E-state index in [2.05, 4.69) is 0 Å². The van der Waals surface area contributed by atoms with Crippen LogP contribution in [0.5, 0.6) is 5.75 Å². The molecule has 2 N–H and O–H groups in total. The van der Waals surface area contributed by atoms with Gasteiger partial charge in [-0.25, -0.2) is 4.39 Å². The fraction of sp³-hybridized carbons (Fsp3) is 0.600. The lowest BCUT2D eigenvalue weighted by molar-refractivity contribution is 0.213. The van der Waals surface area contributed by atoms with Gasteiger partial charge in [0.25, 0.3) is 0 Å². The van der Waals surface area contributed by atoms with E-state index < -0.39 is 5.67 Å². The molecule has 1 aliphatic carbocycles. The molecule has 0 saturated heterocycles. The number of benzene rings is 1. The predicted molar refractivity (Wildman–Crippen MR) is 71.7 cm³/mol. The lowest BCUT2D eigenvalue weighted by Crippen LogP contribution is -2.26. The second-order valence-electron chi connectivity index (χ2n) is 5.95. The maximum Gasteiger partial charge on any atom is 0.134 e. The van der Waals surface area contributed by atoms with Crippen LogP contribution in [0, 0.1) is 6.92 Å². The molecule has 2 rings (SSSR count). The van der Waals surface area contributed by atoms with Gasteiger partial charge < -0.3 is 10.5 Å². The summed E-state index contributed by atoms with van der Waals surface area (Å²) in [6.45, 7) is 5.14. The van der Waals surface area contributed by atoms with Gasteiger partial charge in [-0.3, -0.25) is 0 Å². The summed E-state index contributed by atoms with van der Waals surface area (Å²) in [6.07, 6.45) is 2.85. The minimum atomic E-state index is -1.40. The van der Waals surface area contributed by atoms with Gasteiger partial charge in [0.2, 0.25) is 0 Å². The summed E-state index contributed by atoms with van der Waals surface area (Å²) in [5.41, 5.74) is 7.46. The van der Waals surface area contributed by atoms with Crippen LogP contribution >= 0.6 is 0 Å². The van der Waals surface area contributed by atoms with E-state index in [0.29, 0.717) is 11.3 Å². The Hall–Kier alpha value is -1.09. The van der Waals surface area contributed by atoms with E-state index in [4.69, 9.17) is 10.5 Å². The third-order valence-corrected chi connectivity index (χ3v) is 3.76. The van der Waals surface area contributed by atoms with E-state index >= 15 is 0 Å². The summed E-state index contributed by atoms with van der Waals surface area (Å²) in [4.78, 5) is 0.